The highest BCUT2D eigenvalue weighted by atomic mass is 35.5. The molecule has 5 rings (SSSR count). The minimum Gasteiger partial charge on any atom is -0.255 e. The quantitative estimate of drug-likeness (QED) is 0.255. The van der Waals surface area contributed by atoms with E-state index in [2.05, 4.69) is 16.5 Å². The van der Waals surface area contributed by atoms with Crippen molar-refractivity contribution in [1.82, 2.24) is 9.97 Å². The van der Waals surface area contributed by atoms with Crippen LogP contribution in [0.1, 0.15) is 12.5 Å². The summed E-state index contributed by atoms with van der Waals surface area (Å²) in [5, 5.41) is 1.25. The second kappa shape index (κ2) is 9.26. The van der Waals surface area contributed by atoms with Gasteiger partial charge in [-0.15, -0.1) is 0 Å². The van der Waals surface area contributed by atoms with Crippen LogP contribution in [0.25, 0.3) is 27.4 Å². The van der Waals surface area contributed by atoms with E-state index < -0.39 is 20.0 Å². The molecule has 7 nitrogen and oxygen atoms in total. The predicted molar refractivity (Wildman–Crippen MR) is 146 cm³/mol. The van der Waals surface area contributed by atoms with E-state index in [4.69, 9.17) is 11.6 Å². The van der Waals surface area contributed by atoms with Crippen LogP contribution in [0.5, 0.6) is 0 Å². The van der Waals surface area contributed by atoms with Gasteiger partial charge < -0.3 is 0 Å². The highest BCUT2D eigenvalue weighted by Crippen LogP contribution is 2.37. The second-order valence-electron chi connectivity index (χ2n) is 8.31. The third-order valence-electron chi connectivity index (χ3n) is 5.81. The minimum atomic E-state index is -4.73. The van der Waals surface area contributed by atoms with E-state index >= 15 is 0 Å². The lowest BCUT2D eigenvalue weighted by Gasteiger charge is -2.25. The van der Waals surface area contributed by atoms with Crippen molar-refractivity contribution < 1.29 is 16.8 Å². The number of halogens is 1. The molecule has 0 saturated heterocycles. The van der Waals surface area contributed by atoms with Gasteiger partial charge >= 0.3 is 0 Å². The molecule has 186 valence electrons. The van der Waals surface area contributed by atoms with Crippen LogP contribution >= 0.6 is 11.6 Å². The fourth-order valence-corrected chi connectivity index (χ4v) is 8.44. The fraction of sp³-hybridized carbons (Fsp3) is 0.0370. The summed E-state index contributed by atoms with van der Waals surface area (Å²) in [5.74, 6) is 0. The lowest BCUT2D eigenvalue weighted by Crippen LogP contribution is -2.37. The first-order chi connectivity index (χ1) is 17.6. The van der Waals surface area contributed by atoms with Crippen molar-refractivity contribution in [3.05, 3.63) is 108 Å². The Morgan fingerprint density at radius 1 is 0.757 bits per heavy atom. The number of hydrogen-bond donors (Lipinski definition) is 0. The molecule has 10 heteroatoms. The van der Waals surface area contributed by atoms with Crippen molar-refractivity contribution in [3.8, 4) is 0 Å². The molecule has 0 fully saturated rings. The average molecular weight is 550 g/mol. The Morgan fingerprint density at radius 3 is 1.70 bits per heavy atom. The van der Waals surface area contributed by atoms with Crippen LogP contribution < -0.4 is 3.71 Å². The SMILES string of the molecule is C=C(C)c1ccc(N(S(=O)(=O)c2cccc3cccnc23)S(=O)(=O)c2cccc3cccnc23)cc1Cl. The standard InChI is InChI=1S/C27H20ClN3O4S2/c1-18(2)22-14-13-21(17-23(22)28)31(36(32,33)24-11-3-7-19-9-5-15-29-26(19)24)37(34,35)25-12-4-8-20-10-6-16-30-27(20)25/h3-17H,1H2,2H3. The number of nitrogens with zero attached hydrogens (tertiary/aromatic N) is 3. The van der Waals surface area contributed by atoms with E-state index in [1.165, 1.54) is 48.8 Å². The zero-order valence-corrected chi connectivity index (χ0v) is 21.9. The number of para-hydroxylation sites is 2. The van der Waals surface area contributed by atoms with Crippen LogP contribution in [0.4, 0.5) is 5.69 Å². The van der Waals surface area contributed by atoms with Gasteiger partial charge in [-0.3, -0.25) is 9.97 Å². The maximum atomic E-state index is 14.3. The van der Waals surface area contributed by atoms with Crippen LogP contribution in [-0.2, 0) is 20.0 Å². The first-order valence-electron chi connectivity index (χ1n) is 11.1. The Hall–Kier alpha value is -3.79. The molecule has 37 heavy (non-hydrogen) atoms. The van der Waals surface area contributed by atoms with E-state index in [0.717, 1.165) is 0 Å². The van der Waals surface area contributed by atoms with Crippen LogP contribution in [0.3, 0.4) is 0 Å². The molecule has 0 bridgehead atoms. The molecule has 3 aromatic carbocycles. The number of aromatic nitrogens is 2. The number of sulfonamides is 2. The summed E-state index contributed by atoms with van der Waals surface area (Å²) in [5.41, 5.74) is 1.34. The molecule has 0 spiro atoms. The lowest BCUT2D eigenvalue weighted by molar-refractivity contribution is 0.585. The highest BCUT2D eigenvalue weighted by molar-refractivity contribution is 8.10. The van der Waals surface area contributed by atoms with Crippen molar-refractivity contribution in [1.29, 1.82) is 0 Å². The number of allylic oxidation sites excluding steroid dienone is 1. The zero-order chi connectivity index (χ0) is 26.4. The van der Waals surface area contributed by atoms with E-state index in [9.17, 15) is 16.8 Å². The summed E-state index contributed by atoms with van der Waals surface area (Å²) in [7, 11) is -9.46. The summed E-state index contributed by atoms with van der Waals surface area (Å²) < 4.78 is 57.4. The predicted octanol–water partition coefficient (Wildman–Crippen LogP) is 6.05. The van der Waals surface area contributed by atoms with Crippen molar-refractivity contribution in [3.63, 3.8) is 0 Å². The van der Waals surface area contributed by atoms with Gasteiger partial charge in [0, 0.05) is 23.2 Å². The van der Waals surface area contributed by atoms with Gasteiger partial charge in [0.25, 0.3) is 20.0 Å². The largest absolute Gasteiger partial charge is 0.279 e. The van der Waals surface area contributed by atoms with Crippen LogP contribution in [0.2, 0.25) is 5.02 Å². The summed E-state index contributed by atoms with van der Waals surface area (Å²) in [6, 6.07) is 20.1. The Kier molecular flexibility index (Phi) is 6.23. The normalized spacial score (nSPS) is 12.1. The van der Waals surface area contributed by atoms with E-state index in [0.29, 0.717) is 25.6 Å². The molecule has 2 aromatic heterocycles. The Balaban J connectivity index is 1.84. The molecular formula is C27H20ClN3O4S2. The van der Waals surface area contributed by atoms with E-state index in [1.807, 2.05) is 0 Å². The maximum Gasteiger partial charge on any atom is 0.279 e. The first kappa shape index (κ1) is 24.9. The molecule has 0 N–H and O–H groups in total. The van der Waals surface area contributed by atoms with Gasteiger partial charge in [-0.2, -0.15) is 20.5 Å². The molecule has 5 aromatic rings. The monoisotopic (exact) mass is 549 g/mol. The molecule has 0 aliphatic rings. The Bertz CT molecular complexity index is 1800. The molecular weight excluding hydrogens is 530 g/mol. The van der Waals surface area contributed by atoms with Crippen LogP contribution in [0.15, 0.2) is 108 Å². The van der Waals surface area contributed by atoms with Crippen molar-refractivity contribution in [2.24, 2.45) is 0 Å². The number of rotatable bonds is 6. The molecule has 2 heterocycles. The fourth-order valence-electron chi connectivity index (χ4n) is 4.12. The van der Waals surface area contributed by atoms with Gasteiger partial charge in [0.15, 0.2) is 0 Å². The summed E-state index contributed by atoms with van der Waals surface area (Å²) in [6.45, 7) is 5.62. The molecule has 0 aliphatic carbocycles. The summed E-state index contributed by atoms with van der Waals surface area (Å²) in [4.78, 5) is 7.94. The zero-order valence-electron chi connectivity index (χ0n) is 19.5. The number of benzene rings is 3. The molecule has 0 radical (unpaired) electrons. The number of pyridine rings is 2. The lowest BCUT2D eigenvalue weighted by atomic mass is 10.1. The van der Waals surface area contributed by atoms with Crippen molar-refractivity contribution in [2.75, 3.05) is 3.71 Å². The topological polar surface area (TPSA) is 97.3 Å². The highest BCUT2D eigenvalue weighted by Gasteiger charge is 2.39. The smallest absolute Gasteiger partial charge is 0.255 e. The summed E-state index contributed by atoms with van der Waals surface area (Å²) >= 11 is 6.45. The number of anilines is 1. The first-order valence-corrected chi connectivity index (χ1v) is 14.3. The minimum absolute atomic E-state index is 0.144. The van der Waals surface area contributed by atoms with Gasteiger partial charge in [-0.05, 0) is 54.5 Å². The van der Waals surface area contributed by atoms with Gasteiger partial charge in [-0.1, -0.05) is 60.6 Å². The Labute approximate surface area is 219 Å². The molecule has 0 unspecified atom stereocenters. The van der Waals surface area contributed by atoms with Crippen molar-refractivity contribution >= 4 is 64.7 Å². The van der Waals surface area contributed by atoms with Crippen molar-refractivity contribution in [2.45, 2.75) is 16.7 Å². The third kappa shape index (κ3) is 4.25. The molecule has 0 amide bonds. The van der Waals surface area contributed by atoms with Crippen LogP contribution in [-0.4, -0.2) is 26.8 Å². The average Bonchev–Trinajstić information content (AvgIpc) is 2.87. The number of fused-ring (bicyclic) bond motifs is 2. The number of hydrogen-bond acceptors (Lipinski definition) is 6. The van der Waals surface area contributed by atoms with Gasteiger partial charge in [0.05, 0.1) is 21.7 Å². The molecule has 0 aliphatic heterocycles. The maximum absolute atomic E-state index is 14.3. The summed E-state index contributed by atoms with van der Waals surface area (Å²) in [6.07, 6.45) is 2.90. The van der Waals surface area contributed by atoms with E-state index in [1.54, 1.807) is 49.4 Å². The van der Waals surface area contributed by atoms with Gasteiger partial charge in [0.2, 0.25) is 0 Å². The third-order valence-corrected chi connectivity index (χ3v) is 10.4. The van der Waals surface area contributed by atoms with E-state index in [-0.39, 0.29) is 31.5 Å². The Morgan fingerprint density at radius 2 is 1.24 bits per heavy atom. The van der Waals surface area contributed by atoms with Gasteiger partial charge in [-0.25, -0.2) is 0 Å². The van der Waals surface area contributed by atoms with Crippen LogP contribution in [0, 0.1) is 0 Å². The molecule has 0 atom stereocenters. The second-order valence-corrected chi connectivity index (χ2v) is 12.5. The molecule has 0 saturated carbocycles. The van der Waals surface area contributed by atoms with Gasteiger partial charge in [0.1, 0.15) is 9.79 Å².